The molecule has 0 spiro atoms. The highest BCUT2D eigenvalue weighted by Crippen LogP contribution is 2.34. The number of aryl methyl sites for hydroxylation is 2. The average molecular weight is 642 g/mol. The normalized spacial score (nSPS) is 11.8. The molecule has 0 saturated heterocycles. The maximum atomic E-state index is 14.7. The summed E-state index contributed by atoms with van der Waals surface area (Å²) in [4.78, 5) is 30.1. The Kier molecular flexibility index (Phi) is 12.0. The number of nitrogens with zero attached hydrogens (tertiary/aromatic N) is 2. The zero-order valence-corrected chi connectivity index (χ0v) is 27.8. The van der Waals surface area contributed by atoms with Crippen LogP contribution in [0.2, 0.25) is 0 Å². The first-order valence-electron chi connectivity index (χ1n) is 15.5. The number of unbranched alkanes of at least 4 members (excludes halogenated alkanes) is 1. The Morgan fingerprint density at radius 2 is 1.52 bits per heavy atom. The summed E-state index contributed by atoms with van der Waals surface area (Å²) < 4.78 is 35.2. The van der Waals surface area contributed by atoms with Gasteiger partial charge in [-0.3, -0.25) is 13.9 Å². The van der Waals surface area contributed by atoms with E-state index in [0.717, 1.165) is 39.4 Å². The van der Waals surface area contributed by atoms with Crippen molar-refractivity contribution in [1.82, 2.24) is 10.2 Å². The van der Waals surface area contributed by atoms with E-state index in [1.807, 2.05) is 81.4 Å². The summed E-state index contributed by atoms with van der Waals surface area (Å²) in [6, 6.07) is 29.5. The topological polar surface area (TPSA) is 96.0 Å². The first-order valence-corrected chi connectivity index (χ1v) is 17.0. The smallest absolute Gasteiger partial charge is 0.264 e. The standard InChI is InChI=1S/C37H43N3O5S/c1-5-6-23-38-37(42)34(25-30-16-9-7-10-17-30)39(26-31-18-14-13-15-29(31)3)36(41)27-40(33-24-28(2)21-22-35(33)45-4)46(43,44)32-19-11-8-12-20-32/h7-22,24,34H,5-6,23,25-27H2,1-4H3,(H,38,42). The molecule has 4 aromatic carbocycles. The molecular weight excluding hydrogens is 598 g/mol. The molecule has 8 nitrogen and oxygen atoms in total. The lowest BCUT2D eigenvalue weighted by Crippen LogP contribution is -2.53. The molecule has 1 atom stereocenters. The van der Waals surface area contributed by atoms with Gasteiger partial charge in [-0.05, 0) is 66.8 Å². The summed E-state index contributed by atoms with van der Waals surface area (Å²) in [6.07, 6.45) is 1.96. The van der Waals surface area contributed by atoms with Gasteiger partial charge in [-0.25, -0.2) is 8.42 Å². The molecule has 0 aliphatic heterocycles. The van der Waals surface area contributed by atoms with Crippen LogP contribution in [0.3, 0.4) is 0 Å². The van der Waals surface area contributed by atoms with Crippen LogP contribution in [0.1, 0.15) is 42.0 Å². The van der Waals surface area contributed by atoms with Crippen molar-refractivity contribution in [3.8, 4) is 5.75 Å². The summed E-state index contributed by atoms with van der Waals surface area (Å²) in [7, 11) is -2.77. The quantitative estimate of drug-likeness (QED) is 0.159. The van der Waals surface area contributed by atoms with E-state index in [0.29, 0.717) is 12.3 Å². The Morgan fingerprint density at radius 3 is 2.17 bits per heavy atom. The lowest BCUT2D eigenvalue weighted by atomic mass is 10.0. The van der Waals surface area contributed by atoms with E-state index in [9.17, 15) is 18.0 Å². The van der Waals surface area contributed by atoms with E-state index < -0.39 is 28.5 Å². The van der Waals surface area contributed by atoms with Gasteiger partial charge in [-0.1, -0.05) is 92.2 Å². The molecule has 46 heavy (non-hydrogen) atoms. The number of ether oxygens (including phenoxy) is 1. The van der Waals surface area contributed by atoms with Crippen LogP contribution in [-0.2, 0) is 32.6 Å². The lowest BCUT2D eigenvalue weighted by molar-refractivity contribution is -0.140. The fraction of sp³-hybridized carbons (Fsp3) is 0.297. The molecule has 0 aliphatic carbocycles. The molecule has 0 aromatic heterocycles. The number of sulfonamides is 1. The van der Waals surface area contributed by atoms with Gasteiger partial charge < -0.3 is 15.0 Å². The molecule has 4 aromatic rings. The Morgan fingerprint density at radius 1 is 0.870 bits per heavy atom. The maximum absolute atomic E-state index is 14.7. The first-order chi connectivity index (χ1) is 22.1. The van der Waals surface area contributed by atoms with Gasteiger partial charge in [-0.2, -0.15) is 0 Å². The number of hydrogen-bond donors (Lipinski definition) is 1. The van der Waals surface area contributed by atoms with Crippen LogP contribution in [0.25, 0.3) is 0 Å². The second kappa shape index (κ2) is 16.1. The highest BCUT2D eigenvalue weighted by Gasteiger charge is 2.35. The van der Waals surface area contributed by atoms with Gasteiger partial charge in [0, 0.05) is 19.5 Å². The number of hydrogen-bond acceptors (Lipinski definition) is 5. The van der Waals surface area contributed by atoms with Crippen molar-refractivity contribution < 1.29 is 22.7 Å². The molecule has 1 N–H and O–H groups in total. The number of carbonyl (C=O) groups is 2. The second-order valence-corrected chi connectivity index (χ2v) is 13.2. The molecule has 2 amide bonds. The third-order valence-corrected chi connectivity index (χ3v) is 9.69. The van der Waals surface area contributed by atoms with Crippen LogP contribution in [0.4, 0.5) is 5.69 Å². The van der Waals surface area contributed by atoms with E-state index in [4.69, 9.17) is 4.74 Å². The Balaban J connectivity index is 1.84. The van der Waals surface area contributed by atoms with Crippen LogP contribution in [0, 0.1) is 13.8 Å². The highest BCUT2D eigenvalue weighted by molar-refractivity contribution is 7.92. The molecule has 0 aliphatic rings. The van der Waals surface area contributed by atoms with Crippen LogP contribution in [-0.4, -0.2) is 51.4 Å². The fourth-order valence-electron chi connectivity index (χ4n) is 5.26. The highest BCUT2D eigenvalue weighted by atomic mass is 32.2. The molecule has 9 heteroatoms. The van der Waals surface area contributed by atoms with Gasteiger partial charge in [-0.15, -0.1) is 0 Å². The summed E-state index contributed by atoms with van der Waals surface area (Å²) in [5.74, 6) is -0.496. The van der Waals surface area contributed by atoms with E-state index in [-0.39, 0.29) is 29.5 Å². The molecule has 0 fully saturated rings. The average Bonchev–Trinajstić information content (AvgIpc) is 3.06. The summed E-state index contributed by atoms with van der Waals surface area (Å²) in [6.45, 7) is 5.89. The Labute approximate surface area is 273 Å². The number of carbonyl (C=O) groups excluding carboxylic acids is 2. The fourth-order valence-corrected chi connectivity index (χ4v) is 6.70. The predicted molar refractivity (Wildman–Crippen MR) is 182 cm³/mol. The zero-order chi connectivity index (χ0) is 33.1. The van der Waals surface area contributed by atoms with E-state index in [1.165, 1.54) is 24.1 Å². The van der Waals surface area contributed by atoms with Crippen molar-refractivity contribution in [3.05, 3.63) is 125 Å². The van der Waals surface area contributed by atoms with Gasteiger partial charge in [0.2, 0.25) is 11.8 Å². The van der Waals surface area contributed by atoms with Gasteiger partial charge in [0.05, 0.1) is 17.7 Å². The number of benzene rings is 4. The van der Waals surface area contributed by atoms with Crippen molar-refractivity contribution in [2.24, 2.45) is 0 Å². The second-order valence-electron chi connectivity index (χ2n) is 11.3. The van der Waals surface area contributed by atoms with Crippen LogP contribution >= 0.6 is 0 Å². The molecule has 0 radical (unpaired) electrons. The SMILES string of the molecule is CCCCNC(=O)C(Cc1ccccc1)N(Cc1ccccc1C)C(=O)CN(c1cc(C)ccc1OC)S(=O)(=O)c1ccccc1. The van der Waals surface area contributed by atoms with Gasteiger partial charge in [0.1, 0.15) is 18.3 Å². The summed E-state index contributed by atoms with van der Waals surface area (Å²) in [5.41, 5.74) is 3.74. The minimum Gasteiger partial charge on any atom is -0.495 e. The van der Waals surface area contributed by atoms with Crippen molar-refractivity contribution in [2.75, 3.05) is 24.5 Å². The molecular formula is C37H43N3O5S. The zero-order valence-electron chi connectivity index (χ0n) is 27.0. The largest absolute Gasteiger partial charge is 0.495 e. The molecule has 4 rings (SSSR count). The number of amides is 2. The van der Waals surface area contributed by atoms with Crippen molar-refractivity contribution in [2.45, 2.75) is 57.5 Å². The Bertz CT molecular complexity index is 1710. The molecule has 0 saturated carbocycles. The minimum absolute atomic E-state index is 0.0370. The van der Waals surface area contributed by atoms with Crippen molar-refractivity contribution >= 4 is 27.5 Å². The molecule has 242 valence electrons. The third kappa shape index (κ3) is 8.54. The van der Waals surface area contributed by atoms with E-state index >= 15 is 0 Å². The van der Waals surface area contributed by atoms with Gasteiger partial charge in [0.25, 0.3) is 10.0 Å². The van der Waals surface area contributed by atoms with Crippen LogP contribution in [0.5, 0.6) is 5.75 Å². The molecule has 0 bridgehead atoms. The van der Waals surface area contributed by atoms with Crippen molar-refractivity contribution in [1.29, 1.82) is 0 Å². The third-order valence-electron chi connectivity index (χ3n) is 7.92. The summed E-state index contributed by atoms with van der Waals surface area (Å²) >= 11 is 0. The minimum atomic E-state index is -4.23. The van der Waals surface area contributed by atoms with Crippen molar-refractivity contribution in [3.63, 3.8) is 0 Å². The van der Waals surface area contributed by atoms with Gasteiger partial charge in [0.15, 0.2) is 0 Å². The summed E-state index contributed by atoms with van der Waals surface area (Å²) in [5, 5.41) is 3.02. The monoisotopic (exact) mass is 641 g/mol. The number of anilines is 1. The number of methoxy groups -OCH3 is 1. The van der Waals surface area contributed by atoms with Crippen LogP contribution in [0.15, 0.2) is 108 Å². The number of rotatable bonds is 15. The lowest BCUT2D eigenvalue weighted by Gasteiger charge is -2.34. The van der Waals surface area contributed by atoms with Gasteiger partial charge >= 0.3 is 0 Å². The molecule has 1 unspecified atom stereocenters. The Hall–Kier alpha value is -4.63. The molecule has 0 heterocycles. The van der Waals surface area contributed by atoms with Crippen LogP contribution < -0.4 is 14.4 Å². The number of nitrogens with one attached hydrogen (secondary N) is 1. The maximum Gasteiger partial charge on any atom is 0.264 e. The first kappa shape index (κ1) is 34.2. The van der Waals surface area contributed by atoms with E-state index in [2.05, 4.69) is 5.32 Å². The van der Waals surface area contributed by atoms with E-state index in [1.54, 1.807) is 30.3 Å². The predicted octanol–water partition coefficient (Wildman–Crippen LogP) is 6.06.